The number of carbonyl (C=O) groups is 1. The lowest BCUT2D eigenvalue weighted by molar-refractivity contribution is 0.0880. The summed E-state index contributed by atoms with van der Waals surface area (Å²) < 4.78 is 40.7. The van der Waals surface area contributed by atoms with Gasteiger partial charge in [-0.25, -0.2) is 13.2 Å². The van der Waals surface area contributed by atoms with E-state index in [9.17, 15) is 23.4 Å². The van der Waals surface area contributed by atoms with Crippen molar-refractivity contribution in [2.24, 2.45) is 5.41 Å². The maximum atomic E-state index is 13.9. The van der Waals surface area contributed by atoms with Crippen LogP contribution in [0.3, 0.4) is 0 Å². The molecule has 0 unspecified atom stereocenters. The van der Waals surface area contributed by atoms with E-state index in [1.165, 1.54) is 23.5 Å². The van der Waals surface area contributed by atoms with E-state index >= 15 is 0 Å². The molecule has 230 valence electrons. The largest absolute Gasteiger partial charge is 0.497 e. The quantitative estimate of drug-likeness (QED) is 0.232. The van der Waals surface area contributed by atoms with Crippen molar-refractivity contribution in [1.29, 1.82) is 0 Å². The Morgan fingerprint density at radius 2 is 1.61 bits per heavy atom. The van der Waals surface area contributed by atoms with Crippen LogP contribution >= 0.6 is 0 Å². The summed E-state index contributed by atoms with van der Waals surface area (Å²) in [6.45, 7) is 15.1. The minimum absolute atomic E-state index is 0.0515. The van der Waals surface area contributed by atoms with E-state index in [1.807, 2.05) is 44.2 Å². The molecule has 0 saturated carbocycles. The zero-order valence-corrected chi connectivity index (χ0v) is 27.5. The van der Waals surface area contributed by atoms with Crippen LogP contribution in [0.4, 0.5) is 4.79 Å². The molecule has 0 saturated heterocycles. The highest BCUT2D eigenvalue weighted by molar-refractivity contribution is 7.89. The summed E-state index contributed by atoms with van der Waals surface area (Å²) in [4.78, 5) is 11.7. The van der Waals surface area contributed by atoms with E-state index in [2.05, 4.69) is 39.2 Å². The molecule has 41 heavy (non-hydrogen) atoms. The number of benzene rings is 2. The predicted molar refractivity (Wildman–Crippen MR) is 164 cm³/mol. The molecule has 1 amide bonds. The van der Waals surface area contributed by atoms with Crippen LogP contribution in [0.5, 0.6) is 5.75 Å². The monoisotopic (exact) mass is 608 g/mol. The van der Waals surface area contributed by atoms with Gasteiger partial charge in [0.05, 0.1) is 24.2 Å². The molecule has 3 N–H and O–H groups in total. The van der Waals surface area contributed by atoms with E-state index in [0.29, 0.717) is 18.8 Å². The number of methoxy groups -OCH3 is 1. The molecular weight excluding hydrogens is 560 g/mol. The molecule has 0 aliphatic heterocycles. The molecule has 2 aromatic rings. The van der Waals surface area contributed by atoms with Crippen molar-refractivity contribution in [3.63, 3.8) is 0 Å². The Balaban J connectivity index is 2.35. The Hall–Kier alpha value is -2.44. The van der Waals surface area contributed by atoms with Gasteiger partial charge in [0.25, 0.3) is 0 Å². The maximum Gasteiger partial charge on any atom is 0.404 e. The van der Waals surface area contributed by atoms with Crippen LogP contribution < -0.4 is 10.1 Å². The maximum absolute atomic E-state index is 13.9. The number of aliphatic hydroxyl groups excluding tert-OH is 1. The van der Waals surface area contributed by atoms with Crippen molar-refractivity contribution < 1.29 is 32.6 Å². The highest BCUT2D eigenvalue weighted by Crippen LogP contribution is 2.37. The highest BCUT2D eigenvalue weighted by Gasteiger charge is 2.38. The van der Waals surface area contributed by atoms with Gasteiger partial charge in [-0.2, -0.15) is 4.31 Å². The molecule has 0 radical (unpaired) electrons. The van der Waals surface area contributed by atoms with Gasteiger partial charge < -0.3 is 24.7 Å². The minimum Gasteiger partial charge on any atom is -0.497 e. The van der Waals surface area contributed by atoms with Crippen LogP contribution in [-0.4, -0.2) is 76.3 Å². The Kier molecular flexibility index (Phi) is 12.0. The summed E-state index contributed by atoms with van der Waals surface area (Å²) in [7, 11) is -4.54. The second-order valence-corrected chi connectivity index (χ2v) is 19.6. The molecule has 0 bridgehead atoms. The lowest BCUT2D eigenvalue weighted by atomic mass is 9.89. The van der Waals surface area contributed by atoms with Crippen LogP contribution in [0.15, 0.2) is 59.5 Å². The summed E-state index contributed by atoms with van der Waals surface area (Å²) in [5.74, 6) is 0.521. The van der Waals surface area contributed by atoms with Crippen LogP contribution in [0, 0.1) is 5.41 Å². The SMILES string of the molecule is COc1ccc(S(=O)(=O)N(C[C@H](O)[C@H](Cc2ccccc2)NC(=O)O)CC(C)(C)CCO[Si](C)(C)C(C)(C)C)cc1. The second-order valence-electron chi connectivity index (χ2n) is 12.8. The zero-order chi connectivity index (χ0) is 31.1. The third-order valence-corrected chi connectivity index (χ3v) is 14.2. The van der Waals surface area contributed by atoms with Crippen molar-refractivity contribution in [1.82, 2.24) is 9.62 Å². The van der Waals surface area contributed by atoms with Gasteiger partial charge in [0, 0.05) is 19.7 Å². The fourth-order valence-corrected chi connectivity index (χ4v) is 6.84. The van der Waals surface area contributed by atoms with Crippen molar-refractivity contribution in [3.05, 3.63) is 60.2 Å². The number of hydrogen-bond donors (Lipinski definition) is 3. The number of rotatable bonds is 15. The van der Waals surface area contributed by atoms with E-state index < -0.39 is 42.0 Å². The van der Waals surface area contributed by atoms with Gasteiger partial charge in [-0.3, -0.25) is 0 Å². The van der Waals surface area contributed by atoms with Crippen molar-refractivity contribution >= 4 is 24.4 Å². The van der Waals surface area contributed by atoms with Gasteiger partial charge in [0.2, 0.25) is 10.0 Å². The van der Waals surface area contributed by atoms with Crippen LogP contribution in [0.25, 0.3) is 0 Å². The van der Waals surface area contributed by atoms with Crippen LogP contribution in [0.1, 0.15) is 46.6 Å². The van der Waals surface area contributed by atoms with Gasteiger partial charge >= 0.3 is 6.09 Å². The normalized spacial score (nSPS) is 14.5. The number of amides is 1. The predicted octanol–water partition coefficient (Wildman–Crippen LogP) is 5.36. The Morgan fingerprint density at radius 3 is 2.12 bits per heavy atom. The third kappa shape index (κ3) is 10.4. The van der Waals surface area contributed by atoms with Crippen LogP contribution in [0.2, 0.25) is 18.1 Å². The molecule has 9 nitrogen and oxygen atoms in total. The zero-order valence-electron chi connectivity index (χ0n) is 25.7. The first-order valence-electron chi connectivity index (χ1n) is 13.9. The van der Waals surface area contributed by atoms with Crippen LogP contribution in [-0.2, 0) is 20.9 Å². The van der Waals surface area contributed by atoms with Crippen molar-refractivity contribution in [2.45, 2.75) is 82.6 Å². The minimum atomic E-state index is -4.06. The number of sulfonamides is 1. The molecule has 0 aliphatic rings. The molecule has 2 aromatic carbocycles. The molecule has 2 rings (SSSR count). The molecule has 0 aliphatic carbocycles. The first-order chi connectivity index (χ1) is 18.9. The Morgan fingerprint density at radius 1 is 1.02 bits per heavy atom. The average Bonchev–Trinajstić information content (AvgIpc) is 2.87. The summed E-state index contributed by atoms with van der Waals surface area (Å²) in [5, 5.41) is 23.2. The molecule has 0 aromatic heterocycles. The standard InChI is InChI=1S/C30H48N2O7SSi/c1-29(2,3)41(7,8)39-19-18-30(4,5)22-32(40(36,37)25-16-14-24(38-6)15-17-25)21-27(33)26(31-28(34)35)20-23-12-10-9-11-13-23/h9-17,26-27,31,33H,18-22H2,1-8H3,(H,34,35)/t26-,27-/m0/s1. The first-order valence-corrected chi connectivity index (χ1v) is 18.2. The molecule has 0 heterocycles. The number of ether oxygens (including phenoxy) is 1. The smallest absolute Gasteiger partial charge is 0.404 e. The van der Waals surface area contributed by atoms with Crippen molar-refractivity contribution in [2.75, 3.05) is 26.8 Å². The summed E-state index contributed by atoms with van der Waals surface area (Å²) >= 11 is 0. The lowest BCUT2D eigenvalue weighted by Crippen LogP contribution is -2.51. The molecule has 2 atom stereocenters. The van der Waals surface area contributed by atoms with Gasteiger partial charge in [-0.15, -0.1) is 0 Å². The first kappa shape index (κ1) is 34.8. The summed E-state index contributed by atoms with van der Waals surface area (Å²) in [6, 6.07) is 14.3. The van der Waals surface area contributed by atoms with Crippen molar-refractivity contribution in [3.8, 4) is 5.75 Å². The molecular formula is C30H48N2O7SSi. The Labute approximate surface area is 247 Å². The fraction of sp³-hybridized carbons (Fsp3) is 0.567. The summed E-state index contributed by atoms with van der Waals surface area (Å²) in [5.41, 5.74) is 0.314. The van der Waals surface area contributed by atoms with E-state index in [-0.39, 0.29) is 29.4 Å². The lowest BCUT2D eigenvalue weighted by Gasteiger charge is -2.38. The number of nitrogens with zero attached hydrogens (tertiary/aromatic N) is 1. The molecule has 0 fully saturated rings. The van der Waals surface area contributed by atoms with Gasteiger partial charge in [-0.05, 0) is 66.2 Å². The fourth-order valence-electron chi connectivity index (χ4n) is 4.15. The van der Waals surface area contributed by atoms with E-state index in [4.69, 9.17) is 9.16 Å². The summed E-state index contributed by atoms with van der Waals surface area (Å²) in [6.07, 6.45) is -1.80. The second kappa shape index (κ2) is 14.2. The van der Waals surface area contributed by atoms with Gasteiger partial charge in [-0.1, -0.05) is 65.0 Å². The molecule has 11 heteroatoms. The number of hydrogen-bond acceptors (Lipinski definition) is 6. The van der Waals surface area contributed by atoms with E-state index in [0.717, 1.165) is 5.56 Å². The van der Waals surface area contributed by atoms with Gasteiger partial charge in [0.1, 0.15) is 5.75 Å². The number of aliphatic hydroxyl groups is 1. The Bertz CT molecular complexity index is 1210. The number of nitrogens with one attached hydrogen (secondary N) is 1. The van der Waals surface area contributed by atoms with Gasteiger partial charge in [0.15, 0.2) is 8.32 Å². The van der Waals surface area contributed by atoms with E-state index in [1.54, 1.807) is 12.1 Å². The topological polar surface area (TPSA) is 125 Å². The third-order valence-electron chi connectivity index (χ3n) is 7.81. The molecule has 0 spiro atoms. The number of carboxylic acid groups (broad SMARTS) is 1. The highest BCUT2D eigenvalue weighted by atomic mass is 32.2. The average molecular weight is 609 g/mol.